The summed E-state index contributed by atoms with van der Waals surface area (Å²) in [5.41, 5.74) is 7.93. The molecule has 1 amide bonds. The van der Waals surface area contributed by atoms with Crippen molar-refractivity contribution in [3.63, 3.8) is 0 Å². The first-order valence-corrected chi connectivity index (χ1v) is 13.5. The van der Waals surface area contributed by atoms with E-state index in [0.717, 1.165) is 51.0 Å². The van der Waals surface area contributed by atoms with Gasteiger partial charge in [0.05, 0.1) is 24.9 Å². The number of pyridine rings is 1. The van der Waals surface area contributed by atoms with Gasteiger partial charge in [-0.15, -0.1) is 0 Å². The van der Waals surface area contributed by atoms with Gasteiger partial charge in [-0.3, -0.25) is 9.78 Å². The van der Waals surface area contributed by atoms with Crippen molar-refractivity contribution < 1.29 is 14.3 Å². The van der Waals surface area contributed by atoms with Crippen LogP contribution in [0, 0.1) is 20.8 Å². The number of carbonyl (C=O) groups excluding carboxylic acids is 1. The van der Waals surface area contributed by atoms with Crippen molar-refractivity contribution in [1.82, 2.24) is 14.9 Å². The number of ether oxygens (including phenoxy) is 2. The molecule has 0 bridgehead atoms. The van der Waals surface area contributed by atoms with Gasteiger partial charge in [0.2, 0.25) is 5.91 Å². The monoisotopic (exact) mass is 555 g/mol. The Balaban J connectivity index is 1.59. The quantitative estimate of drug-likeness (QED) is 0.275. The van der Waals surface area contributed by atoms with Crippen LogP contribution in [0.1, 0.15) is 40.3 Å². The van der Waals surface area contributed by atoms with Crippen LogP contribution < -0.4 is 20.3 Å². The van der Waals surface area contributed by atoms with Crippen molar-refractivity contribution in [2.24, 2.45) is 0 Å². The number of rotatable bonds is 8. The van der Waals surface area contributed by atoms with Gasteiger partial charge in [-0.1, -0.05) is 6.07 Å². The van der Waals surface area contributed by atoms with E-state index in [2.05, 4.69) is 57.1 Å². The minimum Gasteiger partial charge on any atom is -0.497 e. The molecule has 0 aliphatic carbocycles. The van der Waals surface area contributed by atoms with E-state index < -0.39 is 0 Å². The van der Waals surface area contributed by atoms with Gasteiger partial charge >= 0.3 is 0 Å². The van der Waals surface area contributed by atoms with Crippen LogP contribution in [0.3, 0.4) is 0 Å². The van der Waals surface area contributed by atoms with Crippen LogP contribution in [-0.2, 0) is 9.53 Å². The maximum absolute atomic E-state index is 12.1. The first-order chi connectivity index (χ1) is 19.3. The molecule has 0 radical (unpaired) electrons. The van der Waals surface area contributed by atoms with Crippen LogP contribution in [0.2, 0.25) is 0 Å². The lowest BCUT2D eigenvalue weighted by Gasteiger charge is -2.29. The molecule has 0 unspecified atom stereocenters. The summed E-state index contributed by atoms with van der Waals surface area (Å²) in [6.45, 7) is 6.22. The zero-order chi connectivity index (χ0) is 28.4. The fourth-order valence-corrected chi connectivity index (χ4v) is 5.77. The number of benzene rings is 2. The highest BCUT2D eigenvalue weighted by atomic mass is 32.1. The van der Waals surface area contributed by atoms with Gasteiger partial charge < -0.3 is 29.6 Å². The molecule has 2 aromatic carbocycles. The fourth-order valence-electron chi connectivity index (χ4n) is 5.42. The number of hydrogen-bond donors (Lipinski definition) is 2. The van der Waals surface area contributed by atoms with Crippen molar-refractivity contribution in [2.45, 2.75) is 32.9 Å². The van der Waals surface area contributed by atoms with E-state index in [1.54, 1.807) is 7.11 Å². The van der Waals surface area contributed by atoms with E-state index in [-0.39, 0.29) is 24.6 Å². The Morgan fingerprint density at radius 3 is 2.42 bits per heavy atom. The van der Waals surface area contributed by atoms with Crippen molar-refractivity contribution in [2.75, 3.05) is 31.0 Å². The molecular weight excluding hydrogens is 522 g/mol. The van der Waals surface area contributed by atoms with E-state index >= 15 is 0 Å². The van der Waals surface area contributed by atoms with Crippen LogP contribution in [0.15, 0.2) is 72.9 Å². The van der Waals surface area contributed by atoms with Gasteiger partial charge in [0.25, 0.3) is 0 Å². The van der Waals surface area contributed by atoms with E-state index in [0.29, 0.717) is 5.11 Å². The lowest BCUT2D eigenvalue weighted by atomic mass is 9.96. The number of carbonyl (C=O) groups is 1. The Morgan fingerprint density at radius 1 is 1.02 bits per heavy atom. The molecular formula is C31H33N5O3S. The minimum absolute atomic E-state index is 0.00103. The Bertz CT molecular complexity index is 1530. The van der Waals surface area contributed by atoms with Crippen molar-refractivity contribution in [1.29, 1.82) is 0 Å². The number of anilines is 2. The van der Waals surface area contributed by atoms with Gasteiger partial charge in [-0.05, 0) is 105 Å². The maximum Gasteiger partial charge on any atom is 0.250 e. The third-order valence-electron chi connectivity index (χ3n) is 7.26. The van der Waals surface area contributed by atoms with Crippen LogP contribution >= 0.6 is 12.2 Å². The second kappa shape index (κ2) is 11.5. The summed E-state index contributed by atoms with van der Waals surface area (Å²) in [5, 5.41) is 7.07. The molecule has 0 saturated carbocycles. The number of hydrogen-bond acceptors (Lipinski definition) is 5. The largest absolute Gasteiger partial charge is 0.497 e. The fraction of sp³-hybridized carbons (Fsp3) is 0.258. The minimum atomic E-state index is -0.198. The number of nitrogens with one attached hydrogen (secondary N) is 2. The summed E-state index contributed by atoms with van der Waals surface area (Å²) in [7, 11) is 3.17. The van der Waals surface area contributed by atoms with Gasteiger partial charge in [0.1, 0.15) is 12.4 Å². The lowest BCUT2D eigenvalue weighted by molar-refractivity contribution is -0.119. The molecule has 1 saturated heterocycles. The highest BCUT2D eigenvalue weighted by molar-refractivity contribution is 7.80. The predicted molar refractivity (Wildman–Crippen MR) is 161 cm³/mol. The van der Waals surface area contributed by atoms with Crippen LogP contribution in [0.25, 0.3) is 5.69 Å². The summed E-state index contributed by atoms with van der Waals surface area (Å²) in [5.74, 6) is 0.617. The number of thiocarbonyl (C=S) groups is 1. The number of methoxy groups -OCH3 is 2. The predicted octanol–water partition coefficient (Wildman–Crippen LogP) is 5.57. The third-order valence-corrected chi connectivity index (χ3v) is 7.57. The molecule has 9 heteroatoms. The van der Waals surface area contributed by atoms with Crippen molar-refractivity contribution in [3.8, 4) is 11.4 Å². The molecule has 40 heavy (non-hydrogen) atoms. The smallest absolute Gasteiger partial charge is 0.250 e. The normalized spacial score (nSPS) is 16.6. The Labute approximate surface area is 239 Å². The van der Waals surface area contributed by atoms with E-state index in [1.807, 2.05) is 61.7 Å². The molecule has 1 aliphatic rings. The SMILES string of the molecule is COCC(=O)Nc1ccc(N2C(=S)N[C@@H](c3ccccn3)[C@H]2c2cc(C)n(-c3ccc(OC)cc3)c2C)cc1C. The molecule has 4 aromatic rings. The molecule has 2 aromatic heterocycles. The molecule has 8 nitrogen and oxygen atoms in total. The number of aryl methyl sites for hydroxylation is 2. The van der Waals surface area contributed by atoms with Crippen molar-refractivity contribution >= 4 is 34.6 Å². The summed E-state index contributed by atoms with van der Waals surface area (Å²) in [6, 6.07) is 21.9. The number of nitrogens with zero attached hydrogens (tertiary/aromatic N) is 3. The van der Waals surface area contributed by atoms with Gasteiger partial charge in [0.15, 0.2) is 5.11 Å². The Hall–Kier alpha value is -4.21. The van der Waals surface area contributed by atoms with Gasteiger partial charge in [-0.25, -0.2) is 0 Å². The Kier molecular flexibility index (Phi) is 7.86. The zero-order valence-corrected chi connectivity index (χ0v) is 24.1. The standard InChI is InChI=1S/C31H33N5O3S/c1-19-16-23(11-14-26(19)33-28(37)18-38-4)36-30(29(34-31(36)40)27-8-6-7-15-32-27)25-17-20(2)35(21(25)3)22-9-12-24(39-5)13-10-22/h6-17,29-30H,18H2,1-5H3,(H,33,37)(H,34,40)/t29-,30+/m0/s1. The average molecular weight is 556 g/mol. The molecule has 2 atom stereocenters. The summed E-state index contributed by atoms with van der Waals surface area (Å²) in [4.78, 5) is 19.0. The van der Waals surface area contributed by atoms with Crippen LogP contribution in [0.4, 0.5) is 11.4 Å². The molecule has 1 aliphatic heterocycles. The molecule has 1 fully saturated rings. The first-order valence-electron chi connectivity index (χ1n) is 13.1. The van der Waals surface area contributed by atoms with Gasteiger partial charge in [-0.2, -0.15) is 0 Å². The molecule has 5 rings (SSSR count). The maximum atomic E-state index is 12.1. The van der Waals surface area contributed by atoms with E-state index in [1.165, 1.54) is 7.11 Å². The molecule has 3 heterocycles. The second-order valence-electron chi connectivity index (χ2n) is 9.84. The lowest BCUT2D eigenvalue weighted by Crippen LogP contribution is -2.29. The molecule has 206 valence electrons. The van der Waals surface area contributed by atoms with Crippen LogP contribution in [0.5, 0.6) is 5.75 Å². The van der Waals surface area contributed by atoms with Crippen molar-refractivity contribution in [3.05, 3.63) is 101 Å². The van der Waals surface area contributed by atoms with Crippen LogP contribution in [-0.4, -0.2) is 41.4 Å². The summed E-state index contributed by atoms with van der Waals surface area (Å²) >= 11 is 5.94. The molecule has 2 N–H and O–H groups in total. The molecule has 0 spiro atoms. The first kappa shape index (κ1) is 27.4. The highest BCUT2D eigenvalue weighted by Gasteiger charge is 2.42. The van der Waals surface area contributed by atoms with E-state index in [9.17, 15) is 4.79 Å². The second-order valence-corrected chi connectivity index (χ2v) is 10.2. The average Bonchev–Trinajstić information content (AvgIpc) is 3.45. The topological polar surface area (TPSA) is 80.7 Å². The van der Waals surface area contributed by atoms with E-state index in [4.69, 9.17) is 21.7 Å². The summed E-state index contributed by atoms with van der Waals surface area (Å²) in [6.07, 6.45) is 1.81. The number of aromatic nitrogens is 2. The zero-order valence-electron chi connectivity index (χ0n) is 23.3. The van der Waals surface area contributed by atoms with Gasteiger partial charge in [0, 0.05) is 41.8 Å². The number of amides is 1. The summed E-state index contributed by atoms with van der Waals surface area (Å²) < 4.78 is 12.6. The highest BCUT2D eigenvalue weighted by Crippen LogP contribution is 2.44. The third kappa shape index (κ3) is 5.17. The Morgan fingerprint density at radius 2 is 1.77 bits per heavy atom.